The van der Waals surface area contributed by atoms with E-state index in [0.29, 0.717) is 0 Å². The Kier molecular flexibility index (Phi) is 6.08. The molecule has 3 rings (SSSR count). The molecule has 1 saturated heterocycles. The highest BCUT2D eigenvalue weighted by atomic mass is 16.6. The van der Waals surface area contributed by atoms with Crippen LogP contribution in [0.2, 0.25) is 0 Å². The van der Waals surface area contributed by atoms with E-state index in [1.54, 1.807) is 51.1 Å². The van der Waals surface area contributed by atoms with Gasteiger partial charge in [-0.2, -0.15) is 0 Å². The van der Waals surface area contributed by atoms with Crippen LogP contribution in [0.5, 0.6) is 0 Å². The molecule has 5 atom stereocenters. The van der Waals surface area contributed by atoms with Gasteiger partial charge in [0.1, 0.15) is 5.41 Å². The second-order valence-corrected chi connectivity index (χ2v) is 9.13. The number of carboxylic acid groups (broad SMARTS) is 2. The summed E-state index contributed by atoms with van der Waals surface area (Å²) in [5, 5.41) is 47.5. The van der Waals surface area contributed by atoms with Gasteiger partial charge in [-0.1, -0.05) is 56.3 Å². The van der Waals surface area contributed by atoms with Gasteiger partial charge in [-0.25, -0.2) is 0 Å². The van der Waals surface area contributed by atoms with Crippen molar-refractivity contribution in [3.63, 3.8) is 0 Å². The molecule has 0 radical (unpaired) electrons. The predicted octanol–water partition coefficient (Wildman–Crippen LogP) is 3.33. The second kappa shape index (κ2) is 8.24. The number of nitro benzene ring substituents is 1. The molecule has 1 heterocycles. The molecular weight excluding hydrogens is 428 g/mol. The smallest absolute Gasteiger partial charge is 0.314 e. The molecule has 0 amide bonds. The first-order chi connectivity index (χ1) is 15.3. The third-order valence-electron chi connectivity index (χ3n) is 7.32. The van der Waals surface area contributed by atoms with Gasteiger partial charge in [-0.15, -0.1) is 0 Å². The van der Waals surface area contributed by atoms with Crippen LogP contribution >= 0.6 is 0 Å². The van der Waals surface area contributed by atoms with Gasteiger partial charge < -0.3 is 15.3 Å². The molecule has 2 aromatic rings. The van der Waals surface area contributed by atoms with Crippen molar-refractivity contribution in [3.05, 3.63) is 75.8 Å². The SMILES string of the molecule is CC(C)C1(C(=O)O)C(C)NC(O)(c2ccccc2)C(C)(C(=O)O)C1c1cccc([N+](=O)[O-])c1. The third kappa shape index (κ3) is 3.30. The lowest BCUT2D eigenvalue weighted by atomic mass is 9.47. The zero-order valence-electron chi connectivity index (χ0n) is 18.9. The maximum atomic E-state index is 13.0. The monoisotopic (exact) mass is 456 g/mol. The summed E-state index contributed by atoms with van der Waals surface area (Å²) >= 11 is 0. The molecule has 0 aromatic heterocycles. The summed E-state index contributed by atoms with van der Waals surface area (Å²) in [6.45, 7) is 6.23. The number of nitro groups is 1. The molecule has 2 aromatic carbocycles. The summed E-state index contributed by atoms with van der Waals surface area (Å²) < 4.78 is 0. The molecule has 0 aliphatic carbocycles. The number of carboxylic acids is 2. The summed E-state index contributed by atoms with van der Waals surface area (Å²) in [5.74, 6) is -4.62. The van der Waals surface area contributed by atoms with E-state index < -0.39 is 51.3 Å². The molecule has 1 fully saturated rings. The number of benzene rings is 2. The number of aliphatic hydroxyl groups is 1. The van der Waals surface area contributed by atoms with Gasteiger partial charge in [-0.05, 0) is 30.9 Å². The minimum absolute atomic E-state index is 0.160. The number of nitrogens with one attached hydrogen (secondary N) is 1. The van der Waals surface area contributed by atoms with Crippen molar-refractivity contribution < 1.29 is 29.8 Å². The molecule has 33 heavy (non-hydrogen) atoms. The van der Waals surface area contributed by atoms with E-state index in [1.165, 1.54) is 31.2 Å². The molecule has 9 heteroatoms. The van der Waals surface area contributed by atoms with Crippen molar-refractivity contribution in [2.45, 2.75) is 45.4 Å². The number of carbonyl (C=O) groups is 2. The Bertz CT molecular complexity index is 1090. The fourth-order valence-corrected chi connectivity index (χ4v) is 5.68. The predicted molar refractivity (Wildman–Crippen MR) is 119 cm³/mol. The Balaban J connectivity index is 2.47. The number of piperidine rings is 1. The van der Waals surface area contributed by atoms with Crippen LogP contribution in [0, 0.1) is 26.9 Å². The van der Waals surface area contributed by atoms with E-state index in [2.05, 4.69) is 5.32 Å². The first kappa shape index (κ1) is 24.3. The average molecular weight is 456 g/mol. The van der Waals surface area contributed by atoms with Crippen molar-refractivity contribution in [3.8, 4) is 0 Å². The zero-order chi connectivity index (χ0) is 24.8. The van der Waals surface area contributed by atoms with Crippen molar-refractivity contribution >= 4 is 17.6 Å². The van der Waals surface area contributed by atoms with Gasteiger partial charge in [-0.3, -0.25) is 25.0 Å². The molecule has 5 unspecified atom stereocenters. The topological polar surface area (TPSA) is 150 Å². The van der Waals surface area contributed by atoms with E-state index in [9.17, 15) is 35.0 Å². The Morgan fingerprint density at radius 3 is 2.15 bits per heavy atom. The zero-order valence-corrected chi connectivity index (χ0v) is 18.9. The second-order valence-electron chi connectivity index (χ2n) is 9.13. The largest absolute Gasteiger partial charge is 0.481 e. The molecule has 0 spiro atoms. The lowest BCUT2D eigenvalue weighted by molar-refractivity contribution is -0.385. The fraction of sp³-hybridized carbons (Fsp3) is 0.417. The van der Waals surface area contributed by atoms with Crippen LogP contribution in [-0.2, 0) is 15.3 Å². The average Bonchev–Trinajstić information content (AvgIpc) is 2.75. The maximum absolute atomic E-state index is 13.0. The van der Waals surface area contributed by atoms with Crippen LogP contribution in [-0.4, -0.2) is 38.2 Å². The van der Waals surface area contributed by atoms with Gasteiger partial charge in [0, 0.05) is 24.1 Å². The summed E-state index contributed by atoms with van der Waals surface area (Å²) in [6.07, 6.45) is 0. The van der Waals surface area contributed by atoms with Crippen molar-refractivity contribution in [2.24, 2.45) is 16.7 Å². The minimum Gasteiger partial charge on any atom is -0.481 e. The highest BCUT2D eigenvalue weighted by Gasteiger charge is 2.72. The first-order valence-electron chi connectivity index (χ1n) is 10.6. The number of non-ortho nitro benzene ring substituents is 1. The van der Waals surface area contributed by atoms with E-state index in [1.807, 2.05) is 0 Å². The van der Waals surface area contributed by atoms with Crippen LogP contribution in [0.25, 0.3) is 0 Å². The molecule has 4 N–H and O–H groups in total. The van der Waals surface area contributed by atoms with Gasteiger partial charge in [0.25, 0.3) is 5.69 Å². The normalized spacial score (nSPS) is 31.8. The standard InChI is InChI=1S/C24H28N2O7/c1-14(2)23(21(29)30)15(3)25-24(31,17-10-6-5-7-11-17)22(4,20(27)28)19(23)16-9-8-12-18(13-16)26(32)33/h5-15,19,25,31H,1-4H3,(H,27,28)(H,29,30). The molecular formula is C24H28N2O7. The molecule has 0 bridgehead atoms. The molecule has 176 valence electrons. The first-order valence-corrected chi connectivity index (χ1v) is 10.6. The van der Waals surface area contributed by atoms with Crippen LogP contribution < -0.4 is 5.32 Å². The van der Waals surface area contributed by atoms with Crippen LogP contribution in [0.1, 0.15) is 44.7 Å². The summed E-state index contributed by atoms with van der Waals surface area (Å²) in [7, 11) is 0. The van der Waals surface area contributed by atoms with Gasteiger partial charge >= 0.3 is 11.9 Å². The maximum Gasteiger partial charge on any atom is 0.314 e. The van der Waals surface area contributed by atoms with Gasteiger partial charge in [0.05, 0.1) is 10.3 Å². The number of hydrogen-bond acceptors (Lipinski definition) is 6. The number of aliphatic carboxylic acids is 2. The van der Waals surface area contributed by atoms with Crippen LogP contribution in [0.15, 0.2) is 54.6 Å². The van der Waals surface area contributed by atoms with Crippen LogP contribution in [0.3, 0.4) is 0 Å². The van der Waals surface area contributed by atoms with Crippen LogP contribution in [0.4, 0.5) is 5.69 Å². The van der Waals surface area contributed by atoms with E-state index in [0.717, 1.165) is 0 Å². The third-order valence-corrected chi connectivity index (χ3v) is 7.32. The minimum atomic E-state index is -2.18. The van der Waals surface area contributed by atoms with E-state index in [-0.39, 0.29) is 16.8 Å². The Hall–Kier alpha value is -3.30. The van der Waals surface area contributed by atoms with Gasteiger partial charge in [0.2, 0.25) is 0 Å². The number of hydrogen-bond donors (Lipinski definition) is 4. The molecule has 9 nitrogen and oxygen atoms in total. The van der Waals surface area contributed by atoms with E-state index in [4.69, 9.17) is 0 Å². The summed E-state index contributed by atoms with van der Waals surface area (Å²) in [5.41, 5.74) is -5.91. The summed E-state index contributed by atoms with van der Waals surface area (Å²) in [6, 6.07) is 12.6. The molecule has 1 aliphatic rings. The lowest BCUT2D eigenvalue weighted by Crippen LogP contribution is -2.75. The Labute approximate surface area is 191 Å². The van der Waals surface area contributed by atoms with Crippen molar-refractivity contribution in [1.29, 1.82) is 0 Å². The van der Waals surface area contributed by atoms with Crippen molar-refractivity contribution in [1.82, 2.24) is 5.32 Å². The van der Waals surface area contributed by atoms with E-state index >= 15 is 0 Å². The Morgan fingerprint density at radius 2 is 1.67 bits per heavy atom. The van der Waals surface area contributed by atoms with Gasteiger partial charge in [0.15, 0.2) is 5.72 Å². The summed E-state index contributed by atoms with van der Waals surface area (Å²) in [4.78, 5) is 36.8. The molecule has 1 aliphatic heterocycles. The Morgan fingerprint density at radius 1 is 1.06 bits per heavy atom. The highest BCUT2D eigenvalue weighted by Crippen LogP contribution is 2.63. The molecule has 0 saturated carbocycles. The number of rotatable bonds is 6. The lowest BCUT2D eigenvalue weighted by Gasteiger charge is -2.61. The quantitative estimate of drug-likeness (QED) is 0.382. The van der Waals surface area contributed by atoms with Crippen molar-refractivity contribution in [2.75, 3.05) is 0 Å². The highest BCUT2D eigenvalue weighted by molar-refractivity contribution is 5.85. The number of nitrogens with zero attached hydrogens (tertiary/aromatic N) is 1. The fourth-order valence-electron chi connectivity index (χ4n) is 5.68.